The molecule has 2 heteroatoms. The van der Waals surface area contributed by atoms with Gasteiger partial charge in [-0.05, 0) is 37.0 Å². The van der Waals surface area contributed by atoms with Gasteiger partial charge < -0.3 is 5.11 Å². The number of aliphatic imine (C=N–C) groups is 1. The molecule has 1 aliphatic heterocycles. The van der Waals surface area contributed by atoms with E-state index in [-0.39, 0.29) is 0 Å². The largest absolute Gasteiger partial charge is 0.366 e. The summed E-state index contributed by atoms with van der Waals surface area (Å²) >= 11 is 0. The molecule has 0 fully saturated rings. The molecule has 2 nitrogen and oxygen atoms in total. The van der Waals surface area contributed by atoms with Crippen molar-refractivity contribution in [3.63, 3.8) is 0 Å². The van der Waals surface area contributed by atoms with E-state index in [1.165, 1.54) is 5.57 Å². The summed E-state index contributed by atoms with van der Waals surface area (Å²) in [7, 11) is 0. The highest BCUT2D eigenvalue weighted by molar-refractivity contribution is 5.74. The van der Waals surface area contributed by atoms with Crippen molar-refractivity contribution in [2.45, 2.75) is 32.9 Å². The zero-order chi connectivity index (χ0) is 9.90. The number of aliphatic hydroxyl groups is 1. The summed E-state index contributed by atoms with van der Waals surface area (Å²) in [6.07, 6.45) is 8.34. The highest BCUT2D eigenvalue weighted by Crippen LogP contribution is 2.17. The average molecular weight is 179 g/mol. The fourth-order valence-corrected chi connectivity index (χ4v) is 1.25. The fraction of sp³-hybridized carbons (Fsp3) is 0.545. The van der Waals surface area contributed by atoms with Crippen LogP contribution < -0.4 is 0 Å². The van der Waals surface area contributed by atoms with Crippen LogP contribution in [0.5, 0.6) is 0 Å². The molecule has 0 aromatic carbocycles. The fourth-order valence-electron chi connectivity index (χ4n) is 1.25. The van der Waals surface area contributed by atoms with Gasteiger partial charge in [-0.25, -0.2) is 0 Å². The third-order valence-corrected chi connectivity index (χ3v) is 1.88. The van der Waals surface area contributed by atoms with Crippen molar-refractivity contribution in [1.82, 2.24) is 0 Å². The van der Waals surface area contributed by atoms with Crippen molar-refractivity contribution in [3.05, 3.63) is 23.8 Å². The Balaban J connectivity index is 2.71. The van der Waals surface area contributed by atoms with Gasteiger partial charge in [0, 0.05) is 6.21 Å². The zero-order valence-electron chi connectivity index (χ0n) is 8.49. The molecule has 1 atom stereocenters. The molecule has 0 radical (unpaired) electrons. The first-order valence-corrected chi connectivity index (χ1v) is 4.65. The van der Waals surface area contributed by atoms with Crippen molar-refractivity contribution in [2.24, 2.45) is 10.9 Å². The van der Waals surface area contributed by atoms with Crippen molar-refractivity contribution in [3.8, 4) is 0 Å². The van der Waals surface area contributed by atoms with Crippen LogP contribution in [0.4, 0.5) is 0 Å². The van der Waals surface area contributed by atoms with Gasteiger partial charge in [-0.15, -0.1) is 0 Å². The second kappa shape index (κ2) is 3.88. The van der Waals surface area contributed by atoms with Gasteiger partial charge in [-0.1, -0.05) is 19.9 Å². The smallest absolute Gasteiger partial charge is 0.172 e. The third kappa shape index (κ3) is 3.55. The topological polar surface area (TPSA) is 32.6 Å². The number of allylic oxidation sites excluding steroid dienone is 3. The highest BCUT2D eigenvalue weighted by atomic mass is 16.3. The quantitative estimate of drug-likeness (QED) is 0.693. The summed E-state index contributed by atoms with van der Waals surface area (Å²) in [4.78, 5) is 3.98. The Morgan fingerprint density at radius 2 is 2.23 bits per heavy atom. The van der Waals surface area contributed by atoms with E-state index >= 15 is 0 Å². The summed E-state index contributed by atoms with van der Waals surface area (Å²) < 4.78 is 0. The summed E-state index contributed by atoms with van der Waals surface area (Å²) in [5.74, 6) is 0.632. The molecular weight excluding hydrogens is 162 g/mol. The Morgan fingerprint density at radius 3 is 2.85 bits per heavy atom. The average Bonchev–Trinajstić information content (AvgIpc) is 2.12. The Hall–Kier alpha value is -0.890. The van der Waals surface area contributed by atoms with E-state index < -0.39 is 5.72 Å². The van der Waals surface area contributed by atoms with E-state index in [2.05, 4.69) is 18.8 Å². The minimum absolute atomic E-state index is 0.632. The maximum Gasteiger partial charge on any atom is 0.172 e. The minimum atomic E-state index is -1.03. The molecule has 0 aromatic rings. The molecular formula is C11H17NO. The first kappa shape index (κ1) is 10.2. The van der Waals surface area contributed by atoms with Gasteiger partial charge >= 0.3 is 0 Å². The number of hydrogen-bond donors (Lipinski definition) is 1. The first-order chi connectivity index (χ1) is 5.99. The molecule has 72 valence electrons. The molecule has 0 bridgehead atoms. The maximum absolute atomic E-state index is 9.59. The summed E-state index contributed by atoms with van der Waals surface area (Å²) in [5, 5.41) is 9.59. The Morgan fingerprint density at radius 1 is 1.54 bits per heavy atom. The lowest BCUT2D eigenvalue weighted by Gasteiger charge is -2.10. The Kier molecular flexibility index (Phi) is 3.04. The lowest BCUT2D eigenvalue weighted by molar-refractivity contribution is 0.123. The van der Waals surface area contributed by atoms with Crippen LogP contribution in [0.15, 0.2) is 28.8 Å². The SMILES string of the molecule is CC(C)CC1=CC=NC(C)(O)C=C1. The van der Waals surface area contributed by atoms with Crippen LogP contribution in [-0.2, 0) is 0 Å². The van der Waals surface area contributed by atoms with Gasteiger partial charge in [-0.3, -0.25) is 4.99 Å². The van der Waals surface area contributed by atoms with Crippen LogP contribution in [0.3, 0.4) is 0 Å². The molecule has 0 saturated heterocycles. The summed E-state index contributed by atoms with van der Waals surface area (Å²) in [6, 6.07) is 0. The second-order valence-corrected chi connectivity index (χ2v) is 4.05. The molecule has 1 rings (SSSR count). The lowest BCUT2D eigenvalue weighted by atomic mass is 10.0. The molecule has 1 heterocycles. The molecule has 0 amide bonds. The number of nitrogens with zero attached hydrogens (tertiary/aromatic N) is 1. The first-order valence-electron chi connectivity index (χ1n) is 4.65. The van der Waals surface area contributed by atoms with Crippen LogP contribution in [0.25, 0.3) is 0 Å². The second-order valence-electron chi connectivity index (χ2n) is 4.05. The normalized spacial score (nSPS) is 27.6. The highest BCUT2D eigenvalue weighted by Gasteiger charge is 2.13. The molecule has 0 aliphatic carbocycles. The number of rotatable bonds is 2. The minimum Gasteiger partial charge on any atom is -0.366 e. The van der Waals surface area contributed by atoms with Crippen LogP contribution in [0.1, 0.15) is 27.2 Å². The van der Waals surface area contributed by atoms with E-state index in [4.69, 9.17) is 0 Å². The molecule has 0 spiro atoms. The van der Waals surface area contributed by atoms with Crippen molar-refractivity contribution >= 4 is 6.21 Å². The maximum atomic E-state index is 9.59. The number of hydrogen-bond acceptors (Lipinski definition) is 2. The van der Waals surface area contributed by atoms with Crippen LogP contribution >= 0.6 is 0 Å². The van der Waals surface area contributed by atoms with Crippen molar-refractivity contribution < 1.29 is 5.11 Å². The van der Waals surface area contributed by atoms with Crippen LogP contribution in [0.2, 0.25) is 0 Å². The van der Waals surface area contributed by atoms with Gasteiger partial charge in [0.05, 0.1) is 0 Å². The molecule has 0 aromatic heterocycles. The monoisotopic (exact) mass is 179 g/mol. The van der Waals surface area contributed by atoms with E-state index in [0.717, 1.165) is 6.42 Å². The van der Waals surface area contributed by atoms with Gasteiger partial charge in [0.1, 0.15) is 0 Å². The molecule has 1 N–H and O–H groups in total. The predicted molar refractivity (Wildman–Crippen MR) is 55.8 cm³/mol. The molecule has 0 saturated carbocycles. The Bertz CT molecular complexity index is 259. The van der Waals surface area contributed by atoms with Gasteiger partial charge in [-0.2, -0.15) is 0 Å². The van der Waals surface area contributed by atoms with Gasteiger partial charge in [0.2, 0.25) is 0 Å². The van der Waals surface area contributed by atoms with Gasteiger partial charge in [0.25, 0.3) is 0 Å². The summed E-state index contributed by atoms with van der Waals surface area (Å²) in [5.41, 5.74) is 0.186. The van der Waals surface area contributed by atoms with E-state index in [1.54, 1.807) is 19.2 Å². The van der Waals surface area contributed by atoms with E-state index in [9.17, 15) is 5.11 Å². The lowest BCUT2D eigenvalue weighted by Crippen LogP contribution is -2.16. The third-order valence-electron chi connectivity index (χ3n) is 1.88. The van der Waals surface area contributed by atoms with Crippen molar-refractivity contribution in [2.75, 3.05) is 0 Å². The molecule has 1 unspecified atom stereocenters. The summed E-state index contributed by atoms with van der Waals surface area (Å²) in [6.45, 7) is 6.02. The van der Waals surface area contributed by atoms with Crippen LogP contribution in [-0.4, -0.2) is 17.0 Å². The standard InChI is InChI=1S/C11H17NO/c1-9(2)8-10-4-6-11(3,13)12-7-5-10/h4-7,9,13H,8H2,1-3H3. The van der Waals surface area contributed by atoms with Crippen LogP contribution in [0, 0.1) is 5.92 Å². The molecule has 13 heavy (non-hydrogen) atoms. The van der Waals surface area contributed by atoms with E-state index in [1.807, 2.05) is 12.2 Å². The Labute approximate surface area is 79.7 Å². The van der Waals surface area contributed by atoms with Crippen molar-refractivity contribution in [1.29, 1.82) is 0 Å². The molecule has 1 aliphatic rings. The predicted octanol–water partition coefficient (Wildman–Crippen LogP) is 2.31. The zero-order valence-corrected chi connectivity index (χ0v) is 8.49. The van der Waals surface area contributed by atoms with E-state index in [0.29, 0.717) is 5.92 Å². The van der Waals surface area contributed by atoms with Gasteiger partial charge in [0.15, 0.2) is 5.72 Å².